The quantitative estimate of drug-likeness (QED) is 0.852. The third kappa shape index (κ3) is 2.68. The SMILES string of the molecule is CCNc1nc(CC)nc(OC2CCC2)c1C. The van der Waals surface area contributed by atoms with Crippen molar-refractivity contribution in [1.29, 1.82) is 0 Å². The summed E-state index contributed by atoms with van der Waals surface area (Å²) in [6, 6.07) is 0. The molecule has 0 unspecified atom stereocenters. The summed E-state index contributed by atoms with van der Waals surface area (Å²) < 4.78 is 5.92. The molecule has 94 valence electrons. The third-order valence-electron chi connectivity index (χ3n) is 3.14. The Hall–Kier alpha value is -1.32. The van der Waals surface area contributed by atoms with Gasteiger partial charge in [0, 0.05) is 13.0 Å². The zero-order valence-corrected chi connectivity index (χ0v) is 10.9. The summed E-state index contributed by atoms with van der Waals surface area (Å²) in [5.74, 6) is 2.52. The summed E-state index contributed by atoms with van der Waals surface area (Å²) >= 11 is 0. The van der Waals surface area contributed by atoms with Crippen LogP contribution >= 0.6 is 0 Å². The Morgan fingerprint density at radius 1 is 1.29 bits per heavy atom. The van der Waals surface area contributed by atoms with Gasteiger partial charge in [-0.25, -0.2) is 4.98 Å². The fraction of sp³-hybridized carbons (Fsp3) is 0.692. The van der Waals surface area contributed by atoms with E-state index in [0.717, 1.165) is 48.9 Å². The topological polar surface area (TPSA) is 47.0 Å². The molecule has 1 aromatic heterocycles. The molecule has 1 aromatic rings. The second kappa shape index (κ2) is 5.34. The summed E-state index contributed by atoms with van der Waals surface area (Å²) in [6.45, 7) is 7.02. The van der Waals surface area contributed by atoms with Gasteiger partial charge in [-0.1, -0.05) is 6.92 Å². The molecule has 0 radical (unpaired) electrons. The van der Waals surface area contributed by atoms with Gasteiger partial charge in [0.1, 0.15) is 17.7 Å². The summed E-state index contributed by atoms with van der Waals surface area (Å²) in [7, 11) is 0. The molecule has 0 bridgehead atoms. The first kappa shape index (κ1) is 12.1. The van der Waals surface area contributed by atoms with Gasteiger partial charge in [0.15, 0.2) is 0 Å². The molecular weight excluding hydrogens is 214 g/mol. The average Bonchev–Trinajstić information content (AvgIpc) is 2.28. The second-order valence-corrected chi connectivity index (χ2v) is 4.47. The number of hydrogen-bond donors (Lipinski definition) is 1. The van der Waals surface area contributed by atoms with Gasteiger partial charge < -0.3 is 10.1 Å². The molecule has 0 aromatic carbocycles. The molecule has 0 aliphatic heterocycles. The second-order valence-electron chi connectivity index (χ2n) is 4.47. The van der Waals surface area contributed by atoms with Crippen molar-refractivity contribution < 1.29 is 4.74 Å². The van der Waals surface area contributed by atoms with Gasteiger partial charge in [-0.2, -0.15) is 4.98 Å². The van der Waals surface area contributed by atoms with Crippen LogP contribution in [0.5, 0.6) is 5.88 Å². The minimum atomic E-state index is 0.364. The molecule has 0 atom stereocenters. The molecule has 1 fully saturated rings. The van der Waals surface area contributed by atoms with Crippen LogP contribution in [-0.2, 0) is 6.42 Å². The lowest BCUT2D eigenvalue weighted by Gasteiger charge is -2.27. The van der Waals surface area contributed by atoms with E-state index in [4.69, 9.17) is 4.74 Å². The first-order valence-corrected chi connectivity index (χ1v) is 6.52. The predicted octanol–water partition coefficient (Wildman–Crippen LogP) is 2.71. The first-order chi connectivity index (χ1) is 8.24. The first-order valence-electron chi connectivity index (χ1n) is 6.52. The Kier molecular flexibility index (Phi) is 3.82. The number of aryl methyl sites for hydroxylation is 1. The van der Waals surface area contributed by atoms with E-state index in [0.29, 0.717) is 6.10 Å². The highest BCUT2D eigenvalue weighted by atomic mass is 16.5. The van der Waals surface area contributed by atoms with Crippen LogP contribution in [0.1, 0.15) is 44.5 Å². The van der Waals surface area contributed by atoms with E-state index in [1.807, 2.05) is 6.92 Å². The minimum absolute atomic E-state index is 0.364. The Bertz CT molecular complexity index is 388. The number of nitrogens with one attached hydrogen (secondary N) is 1. The number of nitrogens with zero attached hydrogens (tertiary/aromatic N) is 2. The van der Waals surface area contributed by atoms with Gasteiger partial charge in [-0.3, -0.25) is 0 Å². The van der Waals surface area contributed by atoms with Crippen LogP contribution in [0.15, 0.2) is 0 Å². The van der Waals surface area contributed by atoms with E-state index in [1.54, 1.807) is 0 Å². The summed E-state index contributed by atoms with van der Waals surface area (Å²) in [6.07, 6.45) is 4.78. The molecule has 0 amide bonds. The zero-order chi connectivity index (χ0) is 12.3. The Morgan fingerprint density at radius 2 is 2.06 bits per heavy atom. The van der Waals surface area contributed by atoms with E-state index in [9.17, 15) is 0 Å². The van der Waals surface area contributed by atoms with E-state index in [2.05, 4.69) is 29.1 Å². The molecule has 1 aliphatic rings. The highest BCUT2D eigenvalue weighted by molar-refractivity contribution is 5.48. The minimum Gasteiger partial charge on any atom is -0.474 e. The molecule has 2 rings (SSSR count). The molecule has 4 heteroatoms. The number of rotatable bonds is 5. The van der Waals surface area contributed by atoms with Crippen LogP contribution in [0.25, 0.3) is 0 Å². The number of hydrogen-bond acceptors (Lipinski definition) is 4. The Morgan fingerprint density at radius 3 is 2.59 bits per heavy atom. The van der Waals surface area contributed by atoms with Crippen molar-refractivity contribution in [2.24, 2.45) is 0 Å². The largest absolute Gasteiger partial charge is 0.474 e. The smallest absolute Gasteiger partial charge is 0.222 e. The summed E-state index contributed by atoms with van der Waals surface area (Å²) in [5, 5.41) is 3.27. The molecule has 0 saturated heterocycles. The van der Waals surface area contributed by atoms with E-state index < -0.39 is 0 Å². The molecule has 1 heterocycles. The normalized spacial score (nSPS) is 15.5. The van der Waals surface area contributed by atoms with Crippen LogP contribution in [0.2, 0.25) is 0 Å². The van der Waals surface area contributed by atoms with Crippen molar-refractivity contribution in [2.45, 2.75) is 52.6 Å². The van der Waals surface area contributed by atoms with Crippen molar-refractivity contribution in [3.63, 3.8) is 0 Å². The Balaban J connectivity index is 2.24. The van der Waals surface area contributed by atoms with Crippen LogP contribution < -0.4 is 10.1 Å². The van der Waals surface area contributed by atoms with Crippen LogP contribution in [0.4, 0.5) is 5.82 Å². The highest BCUT2D eigenvalue weighted by Crippen LogP contribution is 2.28. The fourth-order valence-electron chi connectivity index (χ4n) is 1.80. The Labute approximate surface area is 103 Å². The molecule has 17 heavy (non-hydrogen) atoms. The van der Waals surface area contributed by atoms with Crippen molar-refractivity contribution in [3.8, 4) is 5.88 Å². The monoisotopic (exact) mass is 235 g/mol. The average molecular weight is 235 g/mol. The molecule has 0 spiro atoms. The van der Waals surface area contributed by atoms with E-state index >= 15 is 0 Å². The molecule has 1 aliphatic carbocycles. The maximum atomic E-state index is 5.92. The van der Waals surface area contributed by atoms with Gasteiger partial charge in [-0.15, -0.1) is 0 Å². The van der Waals surface area contributed by atoms with Crippen LogP contribution in [-0.4, -0.2) is 22.6 Å². The molecule has 1 saturated carbocycles. The lowest BCUT2D eigenvalue weighted by molar-refractivity contribution is 0.113. The maximum Gasteiger partial charge on any atom is 0.222 e. The van der Waals surface area contributed by atoms with E-state index in [1.165, 1.54) is 6.42 Å². The van der Waals surface area contributed by atoms with E-state index in [-0.39, 0.29) is 0 Å². The summed E-state index contributed by atoms with van der Waals surface area (Å²) in [5.41, 5.74) is 1.02. The van der Waals surface area contributed by atoms with Crippen LogP contribution in [0.3, 0.4) is 0 Å². The van der Waals surface area contributed by atoms with Gasteiger partial charge in [0.25, 0.3) is 0 Å². The lowest BCUT2D eigenvalue weighted by atomic mass is 9.96. The van der Waals surface area contributed by atoms with Crippen molar-refractivity contribution in [1.82, 2.24) is 9.97 Å². The van der Waals surface area contributed by atoms with Gasteiger partial charge >= 0.3 is 0 Å². The van der Waals surface area contributed by atoms with Gasteiger partial charge in [0.2, 0.25) is 5.88 Å². The molecule has 1 N–H and O–H groups in total. The molecule has 4 nitrogen and oxygen atoms in total. The van der Waals surface area contributed by atoms with Crippen molar-refractivity contribution >= 4 is 5.82 Å². The van der Waals surface area contributed by atoms with Crippen molar-refractivity contribution in [3.05, 3.63) is 11.4 Å². The highest BCUT2D eigenvalue weighted by Gasteiger charge is 2.21. The van der Waals surface area contributed by atoms with Gasteiger partial charge in [0.05, 0.1) is 5.56 Å². The fourth-order valence-corrected chi connectivity index (χ4v) is 1.80. The lowest BCUT2D eigenvalue weighted by Crippen LogP contribution is -2.26. The standard InChI is InChI=1S/C13H21N3O/c1-4-11-15-12(14-5-2)9(3)13(16-11)17-10-7-6-8-10/h10H,4-8H2,1-3H3,(H,14,15,16). The van der Waals surface area contributed by atoms with Crippen molar-refractivity contribution in [2.75, 3.05) is 11.9 Å². The third-order valence-corrected chi connectivity index (χ3v) is 3.14. The molecular formula is C13H21N3O. The number of aromatic nitrogens is 2. The van der Waals surface area contributed by atoms with Crippen LogP contribution in [0, 0.1) is 6.92 Å². The summed E-state index contributed by atoms with van der Waals surface area (Å²) in [4.78, 5) is 8.97. The van der Waals surface area contributed by atoms with Gasteiger partial charge in [-0.05, 0) is 33.1 Å². The number of anilines is 1. The predicted molar refractivity (Wildman–Crippen MR) is 68.6 cm³/mol. The number of ether oxygens (including phenoxy) is 1. The zero-order valence-electron chi connectivity index (χ0n) is 10.9. The maximum absolute atomic E-state index is 5.92.